The number of aryl methyl sites for hydroxylation is 2. The van der Waals surface area contributed by atoms with Crippen molar-refractivity contribution in [2.24, 2.45) is 0 Å². The number of non-ortho nitro benzene ring substituents is 1. The number of carbonyl (C=O) groups is 1. The number of amides is 1. The highest BCUT2D eigenvalue weighted by atomic mass is 16.6. The average molecular weight is 314 g/mol. The molecule has 6 nitrogen and oxygen atoms in total. The van der Waals surface area contributed by atoms with Gasteiger partial charge in [0.15, 0.2) is 0 Å². The molecule has 0 spiro atoms. The molecule has 0 saturated carbocycles. The maximum Gasteiger partial charge on any atom is 0.269 e. The Hall–Kier alpha value is -2.73. The topological polar surface area (TPSA) is 92.5 Å². The molecule has 1 atom stereocenters. The molecule has 0 aliphatic carbocycles. The van der Waals surface area contributed by atoms with Crippen molar-refractivity contribution >= 4 is 11.6 Å². The second kappa shape index (κ2) is 7.02. The number of hydrogen-bond acceptors (Lipinski definition) is 4. The number of nitro benzene ring substituents is 1. The number of nitrogens with zero attached hydrogens (tertiary/aromatic N) is 1. The van der Waals surface area contributed by atoms with Crippen LogP contribution in [0.15, 0.2) is 42.5 Å². The van der Waals surface area contributed by atoms with Crippen LogP contribution in [0.3, 0.4) is 0 Å². The van der Waals surface area contributed by atoms with Crippen LogP contribution in [0.5, 0.6) is 0 Å². The van der Waals surface area contributed by atoms with Crippen LogP contribution in [0.2, 0.25) is 0 Å². The number of nitro groups is 1. The molecule has 0 heterocycles. The number of carbonyl (C=O) groups excluding carboxylic acids is 1. The molecule has 2 aromatic carbocycles. The first kappa shape index (κ1) is 16.6. The summed E-state index contributed by atoms with van der Waals surface area (Å²) in [4.78, 5) is 22.2. The van der Waals surface area contributed by atoms with Crippen molar-refractivity contribution in [3.05, 3.63) is 74.8 Å². The summed E-state index contributed by atoms with van der Waals surface area (Å²) in [6, 6.07) is 11.0. The zero-order valence-electron chi connectivity index (χ0n) is 12.9. The van der Waals surface area contributed by atoms with E-state index in [-0.39, 0.29) is 18.1 Å². The Bertz CT molecular complexity index is 726. The van der Waals surface area contributed by atoms with Crippen LogP contribution < -0.4 is 5.32 Å². The smallest absolute Gasteiger partial charge is 0.269 e. The number of hydrogen-bond donors (Lipinski definition) is 2. The summed E-state index contributed by atoms with van der Waals surface area (Å²) < 4.78 is 0. The predicted molar refractivity (Wildman–Crippen MR) is 86.3 cm³/mol. The first-order valence-electron chi connectivity index (χ1n) is 7.16. The number of nitrogens with one attached hydrogen (secondary N) is 1. The molecule has 0 unspecified atom stereocenters. The summed E-state index contributed by atoms with van der Waals surface area (Å²) in [6.45, 7) is 3.93. The summed E-state index contributed by atoms with van der Waals surface area (Å²) in [5.41, 5.74) is 3.13. The highest BCUT2D eigenvalue weighted by molar-refractivity contribution is 5.94. The van der Waals surface area contributed by atoms with Crippen LogP contribution in [0.4, 0.5) is 5.69 Å². The lowest BCUT2D eigenvalue weighted by Crippen LogP contribution is -2.28. The summed E-state index contributed by atoms with van der Waals surface area (Å²) >= 11 is 0. The van der Waals surface area contributed by atoms with Crippen molar-refractivity contribution in [3.63, 3.8) is 0 Å². The Morgan fingerprint density at radius 3 is 2.39 bits per heavy atom. The van der Waals surface area contributed by atoms with E-state index < -0.39 is 11.0 Å². The van der Waals surface area contributed by atoms with Crippen molar-refractivity contribution in [3.8, 4) is 0 Å². The zero-order chi connectivity index (χ0) is 17.0. The molecule has 0 radical (unpaired) electrons. The van der Waals surface area contributed by atoms with Crippen molar-refractivity contribution in [2.45, 2.75) is 20.0 Å². The van der Waals surface area contributed by atoms with E-state index in [4.69, 9.17) is 0 Å². The maximum atomic E-state index is 12.1. The molecule has 0 aliphatic heterocycles. The van der Waals surface area contributed by atoms with E-state index in [0.717, 1.165) is 11.1 Å². The SMILES string of the molecule is Cc1ccc(C(=O)NC[C@H](O)c2ccc([N+](=O)[O-])cc2)cc1C. The van der Waals surface area contributed by atoms with E-state index in [0.29, 0.717) is 11.1 Å². The third-order valence-corrected chi connectivity index (χ3v) is 3.71. The van der Waals surface area contributed by atoms with Crippen LogP contribution in [0.1, 0.15) is 33.2 Å². The summed E-state index contributed by atoms with van der Waals surface area (Å²) in [6.07, 6.45) is -0.925. The van der Waals surface area contributed by atoms with Gasteiger partial charge in [0.05, 0.1) is 11.0 Å². The molecule has 0 aliphatic rings. The van der Waals surface area contributed by atoms with E-state index in [1.54, 1.807) is 12.1 Å². The molecule has 1 amide bonds. The predicted octanol–water partition coefficient (Wildman–Crippen LogP) is 2.68. The molecule has 0 fully saturated rings. The van der Waals surface area contributed by atoms with Crippen molar-refractivity contribution in [2.75, 3.05) is 6.54 Å². The Morgan fingerprint density at radius 2 is 1.83 bits per heavy atom. The van der Waals surface area contributed by atoms with E-state index in [1.807, 2.05) is 19.9 Å². The van der Waals surface area contributed by atoms with Gasteiger partial charge in [-0.25, -0.2) is 0 Å². The maximum absolute atomic E-state index is 12.1. The Morgan fingerprint density at radius 1 is 1.17 bits per heavy atom. The van der Waals surface area contributed by atoms with E-state index in [2.05, 4.69) is 5.32 Å². The molecule has 6 heteroatoms. The van der Waals surface area contributed by atoms with Crippen LogP contribution in [0, 0.1) is 24.0 Å². The molecule has 2 rings (SSSR count). The minimum absolute atomic E-state index is 0.0313. The number of aliphatic hydroxyl groups is 1. The summed E-state index contributed by atoms with van der Waals surface area (Å²) in [7, 11) is 0. The fourth-order valence-electron chi connectivity index (χ4n) is 2.11. The van der Waals surface area contributed by atoms with Gasteiger partial charge in [-0.3, -0.25) is 14.9 Å². The lowest BCUT2D eigenvalue weighted by molar-refractivity contribution is -0.384. The van der Waals surface area contributed by atoms with Crippen molar-refractivity contribution in [1.29, 1.82) is 0 Å². The monoisotopic (exact) mass is 314 g/mol. The Labute approximate surface area is 133 Å². The molecule has 0 aromatic heterocycles. The normalized spacial score (nSPS) is 11.8. The summed E-state index contributed by atoms with van der Waals surface area (Å²) in [5.74, 6) is -0.269. The van der Waals surface area contributed by atoms with Crippen molar-refractivity contribution < 1.29 is 14.8 Å². The molecule has 23 heavy (non-hydrogen) atoms. The second-order valence-electron chi connectivity index (χ2n) is 5.37. The molecular formula is C17H18N2O4. The quantitative estimate of drug-likeness (QED) is 0.655. The molecular weight excluding hydrogens is 296 g/mol. The fourth-order valence-corrected chi connectivity index (χ4v) is 2.11. The Balaban J connectivity index is 1.97. The van der Waals surface area contributed by atoms with Gasteiger partial charge in [-0.1, -0.05) is 6.07 Å². The lowest BCUT2D eigenvalue weighted by atomic mass is 10.1. The molecule has 0 saturated heterocycles. The highest BCUT2D eigenvalue weighted by Gasteiger charge is 2.13. The van der Waals surface area contributed by atoms with Gasteiger partial charge in [0.25, 0.3) is 11.6 Å². The molecule has 120 valence electrons. The Kier molecular flexibility index (Phi) is 5.08. The van der Waals surface area contributed by atoms with E-state index in [9.17, 15) is 20.0 Å². The van der Waals surface area contributed by atoms with Crippen LogP contribution >= 0.6 is 0 Å². The third kappa shape index (κ3) is 4.14. The fraction of sp³-hybridized carbons (Fsp3) is 0.235. The van der Waals surface area contributed by atoms with Gasteiger partial charge in [-0.2, -0.15) is 0 Å². The van der Waals surface area contributed by atoms with Gasteiger partial charge < -0.3 is 10.4 Å². The molecule has 2 N–H and O–H groups in total. The van der Waals surface area contributed by atoms with Crippen LogP contribution in [-0.4, -0.2) is 22.5 Å². The minimum atomic E-state index is -0.925. The van der Waals surface area contributed by atoms with Crippen molar-refractivity contribution in [1.82, 2.24) is 5.32 Å². The average Bonchev–Trinajstić information content (AvgIpc) is 2.54. The first-order valence-corrected chi connectivity index (χ1v) is 7.16. The van der Waals surface area contributed by atoms with Gasteiger partial charge in [0, 0.05) is 24.2 Å². The molecule has 0 bridgehead atoms. The zero-order valence-corrected chi connectivity index (χ0v) is 12.9. The van der Waals surface area contributed by atoms with Crippen LogP contribution in [0.25, 0.3) is 0 Å². The van der Waals surface area contributed by atoms with E-state index in [1.165, 1.54) is 24.3 Å². The van der Waals surface area contributed by atoms with Gasteiger partial charge in [0.1, 0.15) is 0 Å². The number of benzene rings is 2. The largest absolute Gasteiger partial charge is 0.387 e. The van der Waals surface area contributed by atoms with E-state index >= 15 is 0 Å². The summed E-state index contributed by atoms with van der Waals surface area (Å²) in [5, 5.41) is 23.3. The number of rotatable bonds is 5. The highest BCUT2D eigenvalue weighted by Crippen LogP contribution is 2.17. The van der Waals surface area contributed by atoms with Gasteiger partial charge in [-0.15, -0.1) is 0 Å². The standard InChI is InChI=1S/C17H18N2O4/c1-11-3-4-14(9-12(11)2)17(21)18-10-16(20)13-5-7-15(8-6-13)19(22)23/h3-9,16,20H,10H2,1-2H3,(H,18,21)/t16-/m0/s1. The molecule has 2 aromatic rings. The minimum Gasteiger partial charge on any atom is -0.387 e. The lowest BCUT2D eigenvalue weighted by Gasteiger charge is -2.12. The van der Waals surface area contributed by atoms with Crippen LogP contribution in [-0.2, 0) is 0 Å². The van der Waals surface area contributed by atoms with Gasteiger partial charge in [0.2, 0.25) is 0 Å². The number of aliphatic hydroxyl groups excluding tert-OH is 1. The first-order chi connectivity index (χ1) is 10.9. The van der Waals surface area contributed by atoms with Gasteiger partial charge in [-0.05, 0) is 54.8 Å². The van der Waals surface area contributed by atoms with Gasteiger partial charge >= 0.3 is 0 Å². The third-order valence-electron chi connectivity index (χ3n) is 3.71. The second-order valence-corrected chi connectivity index (χ2v) is 5.37.